The molecule has 74 heavy (non-hydrogen) atoms. The van der Waals surface area contributed by atoms with Crippen molar-refractivity contribution in [3.05, 3.63) is 268 Å². The molecule has 0 amide bonds. The van der Waals surface area contributed by atoms with E-state index in [0.29, 0.717) is 0 Å². The fourth-order valence-electron chi connectivity index (χ4n) is 15.3. The largest absolute Gasteiger partial charge is 0.310 e. The van der Waals surface area contributed by atoms with Gasteiger partial charge in [-0.15, -0.1) is 11.3 Å². The molecule has 2 heteroatoms. The second-order valence-corrected chi connectivity index (χ2v) is 22.8. The van der Waals surface area contributed by atoms with Crippen molar-refractivity contribution in [1.82, 2.24) is 0 Å². The van der Waals surface area contributed by atoms with Gasteiger partial charge >= 0.3 is 0 Å². The minimum Gasteiger partial charge on any atom is -0.310 e. The maximum absolute atomic E-state index is 2.69. The average Bonchev–Trinajstić information content (AvgIpc) is 4.32. The van der Waals surface area contributed by atoms with Crippen LogP contribution in [0.3, 0.4) is 0 Å². The highest BCUT2D eigenvalue weighted by molar-refractivity contribution is 7.19. The third kappa shape index (κ3) is 5.33. The molecule has 348 valence electrons. The maximum atomic E-state index is 2.69. The average molecular weight is 960 g/mol. The van der Waals surface area contributed by atoms with Gasteiger partial charge in [0.15, 0.2) is 0 Å². The van der Waals surface area contributed by atoms with Crippen molar-refractivity contribution < 1.29 is 0 Å². The van der Waals surface area contributed by atoms with E-state index in [1.54, 1.807) is 0 Å². The molecule has 0 radical (unpaired) electrons. The van der Waals surface area contributed by atoms with E-state index in [4.69, 9.17) is 0 Å². The minimum absolute atomic E-state index is 0.0121. The van der Waals surface area contributed by atoms with Crippen LogP contribution >= 0.6 is 11.3 Å². The highest BCUT2D eigenvalue weighted by Gasteiger charge is 2.52. The number of fused-ring (bicyclic) bond motifs is 24. The molecule has 5 aliphatic carbocycles. The van der Waals surface area contributed by atoms with E-state index in [-0.39, 0.29) is 5.41 Å². The van der Waals surface area contributed by atoms with Crippen LogP contribution in [0, 0.1) is 0 Å². The smallest absolute Gasteiger partial charge is 0.0726 e. The summed E-state index contributed by atoms with van der Waals surface area (Å²) in [6.07, 6.45) is 9.43. The van der Waals surface area contributed by atoms with Gasteiger partial charge in [-0.05, 0) is 190 Å². The molecule has 0 atom stereocenters. The number of nitrogens with zero attached hydrogens (tertiary/aromatic N) is 1. The summed E-state index contributed by atoms with van der Waals surface area (Å²) in [5.74, 6) is 0. The summed E-state index contributed by atoms with van der Waals surface area (Å²) < 4.78 is 1.37. The quantitative estimate of drug-likeness (QED) is 0.159. The number of allylic oxidation sites excluding steroid dienone is 1. The SMILES string of the molecule is C1=C(c2cc3c(cc2N(c2ccc4c(c2)C2(CCCC2)c2ccccc2-4)c2ccc4c5ccccc5c5ccccc5c4c2)C2(c4ccccc4-c4ccccc42)c2ccccc2-3)CCc2sc3ccccc3c21. The van der Waals surface area contributed by atoms with Crippen molar-refractivity contribution in [3.8, 4) is 33.4 Å². The van der Waals surface area contributed by atoms with Crippen LogP contribution in [0.25, 0.3) is 87.4 Å². The van der Waals surface area contributed by atoms with Crippen LogP contribution in [0.4, 0.5) is 17.1 Å². The molecule has 0 unspecified atom stereocenters. The van der Waals surface area contributed by atoms with Crippen molar-refractivity contribution >= 4 is 82.5 Å². The summed E-state index contributed by atoms with van der Waals surface area (Å²) in [5, 5.41) is 9.09. The zero-order valence-corrected chi connectivity index (χ0v) is 41.8. The number of benzene rings is 11. The topological polar surface area (TPSA) is 3.24 Å². The Balaban J connectivity index is 1.01. The number of anilines is 3. The van der Waals surface area contributed by atoms with E-state index in [1.807, 2.05) is 11.3 Å². The lowest BCUT2D eigenvalue weighted by Crippen LogP contribution is -2.26. The Hall–Kier alpha value is -8.30. The predicted octanol–water partition coefficient (Wildman–Crippen LogP) is 19.5. The molecule has 1 aromatic heterocycles. The Bertz CT molecular complexity index is 4380. The molecule has 1 fully saturated rings. The maximum Gasteiger partial charge on any atom is 0.0726 e. The Morgan fingerprint density at radius 2 is 0.851 bits per heavy atom. The molecule has 0 bridgehead atoms. The summed E-state index contributed by atoms with van der Waals surface area (Å²) in [6, 6.07) is 84.5. The first kappa shape index (κ1) is 41.2. The van der Waals surface area contributed by atoms with Gasteiger partial charge in [0.2, 0.25) is 0 Å². The third-order valence-electron chi connectivity index (χ3n) is 18.3. The molecule has 1 saturated carbocycles. The van der Waals surface area contributed by atoms with E-state index >= 15 is 0 Å². The first-order valence-corrected chi connectivity index (χ1v) is 27.6. The van der Waals surface area contributed by atoms with Crippen LogP contribution in [0.2, 0.25) is 0 Å². The number of thiophene rings is 1. The van der Waals surface area contributed by atoms with E-state index in [9.17, 15) is 0 Å². The van der Waals surface area contributed by atoms with E-state index < -0.39 is 5.41 Å². The molecule has 5 aliphatic rings. The lowest BCUT2D eigenvalue weighted by atomic mass is 9.70. The molecule has 1 nitrogen and oxygen atoms in total. The van der Waals surface area contributed by atoms with Crippen LogP contribution in [0.5, 0.6) is 0 Å². The highest BCUT2D eigenvalue weighted by Crippen LogP contribution is 2.65. The second kappa shape index (κ2) is 15.1. The van der Waals surface area contributed by atoms with Gasteiger partial charge in [0.05, 0.1) is 11.1 Å². The van der Waals surface area contributed by atoms with Gasteiger partial charge in [-0.3, -0.25) is 0 Å². The summed E-state index contributed by atoms with van der Waals surface area (Å²) >= 11 is 1.97. The summed E-state index contributed by atoms with van der Waals surface area (Å²) in [5.41, 5.74) is 23.8. The molecule has 1 heterocycles. The second-order valence-electron chi connectivity index (χ2n) is 21.6. The molecular weight excluding hydrogens is 911 g/mol. The molecule has 11 aromatic carbocycles. The fourth-order valence-corrected chi connectivity index (χ4v) is 16.5. The van der Waals surface area contributed by atoms with Gasteiger partial charge in [0, 0.05) is 31.9 Å². The first-order valence-electron chi connectivity index (χ1n) is 26.7. The van der Waals surface area contributed by atoms with Crippen molar-refractivity contribution in [2.75, 3.05) is 4.90 Å². The van der Waals surface area contributed by atoms with E-state index in [1.165, 1.54) is 173 Å². The number of aryl methyl sites for hydroxylation is 1. The van der Waals surface area contributed by atoms with Crippen molar-refractivity contribution in [1.29, 1.82) is 0 Å². The van der Waals surface area contributed by atoms with Gasteiger partial charge in [0.25, 0.3) is 0 Å². The predicted molar refractivity (Wildman–Crippen MR) is 313 cm³/mol. The summed E-state index contributed by atoms with van der Waals surface area (Å²) in [6.45, 7) is 0. The van der Waals surface area contributed by atoms with Crippen molar-refractivity contribution in [2.45, 2.75) is 49.4 Å². The number of rotatable bonds is 4. The number of hydrogen-bond donors (Lipinski definition) is 0. The van der Waals surface area contributed by atoms with E-state index in [0.717, 1.165) is 12.8 Å². The highest BCUT2D eigenvalue weighted by atomic mass is 32.1. The molecular formula is C72H49NS. The van der Waals surface area contributed by atoms with Crippen LogP contribution in [0.1, 0.15) is 81.5 Å². The Kier molecular flexibility index (Phi) is 8.43. The molecule has 17 rings (SSSR count). The normalized spacial score (nSPS) is 15.8. The van der Waals surface area contributed by atoms with Crippen LogP contribution in [-0.4, -0.2) is 0 Å². The monoisotopic (exact) mass is 959 g/mol. The first-order chi connectivity index (χ1) is 36.7. The lowest BCUT2D eigenvalue weighted by Gasteiger charge is -2.34. The van der Waals surface area contributed by atoms with Gasteiger partial charge in [0.1, 0.15) is 0 Å². The van der Waals surface area contributed by atoms with Crippen LogP contribution in [0.15, 0.2) is 218 Å². The Labute approximate surface area is 435 Å². The molecule has 2 spiro atoms. The molecule has 12 aromatic rings. The summed E-state index contributed by atoms with van der Waals surface area (Å²) in [4.78, 5) is 4.18. The van der Waals surface area contributed by atoms with Crippen molar-refractivity contribution in [2.24, 2.45) is 0 Å². The molecule has 0 aliphatic heterocycles. The van der Waals surface area contributed by atoms with Crippen LogP contribution in [-0.2, 0) is 17.3 Å². The van der Waals surface area contributed by atoms with Gasteiger partial charge in [-0.1, -0.05) is 189 Å². The fraction of sp³-hybridized carbons (Fsp3) is 0.111. The minimum atomic E-state index is -0.498. The Morgan fingerprint density at radius 1 is 0.351 bits per heavy atom. The van der Waals surface area contributed by atoms with Crippen molar-refractivity contribution in [3.63, 3.8) is 0 Å². The zero-order valence-electron chi connectivity index (χ0n) is 41.0. The van der Waals surface area contributed by atoms with Crippen LogP contribution < -0.4 is 4.90 Å². The standard InChI is InChI=1S/C72H49NS/c1-2-19-49-47(17-1)48-18-3-4-20-50(48)59-40-45(32-34-51(49)59)73(46-33-35-56-52-21-5-10-26-62(52)71(66(56)41-46)37-15-16-38-71)68-43-67-60(42-58(68)44-31-36-70-61(39-44)57-25-9-14-30-69(57)74-70)55-24-8-13-29-65(55)72(67)63-27-11-6-22-53(63)54-23-7-12-28-64(54)72/h1-14,17-30,32-35,39-43H,15-16,31,36-38H2. The molecule has 0 saturated heterocycles. The lowest BCUT2D eigenvalue weighted by molar-refractivity contribution is 0.550. The summed E-state index contributed by atoms with van der Waals surface area (Å²) in [7, 11) is 0. The molecule has 0 N–H and O–H groups in total. The van der Waals surface area contributed by atoms with Gasteiger partial charge < -0.3 is 4.90 Å². The number of hydrogen-bond acceptors (Lipinski definition) is 2. The van der Waals surface area contributed by atoms with E-state index in [2.05, 4.69) is 229 Å². The van der Waals surface area contributed by atoms with Gasteiger partial charge in [-0.25, -0.2) is 0 Å². The van der Waals surface area contributed by atoms with Gasteiger partial charge in [-0.2, -0.15) is 0 Å². The Morgan fingerprint density at radius 3 is 1.51 bits per heavy atom. The zero-order chi connectivity index (χ0) is 48.3. The third-order valence-corrected chi connectivity index (χ3v) is 19.6.